The minimum absolute atomic E-state index is 0.0971. The highest BCUT2D eigenvalue weighted by molar-refractivity contribution is 9.10. The number of carbonyl (C=O) groups excluding carboxylic acids is 1. The topological polar surface area (TPSA) is 61.9 Å². The molecule has 0 unspecified atom stereocenters. The molecule has 108 valence electrons. The first-order valence-corrected chi connectivity index (χ1v) is 7.15. The number of nitrogens with zero attached hydrogens (tertiary/aromatic N) is 4. The Labute approximate surface area is 125 Å². The predicted molar refractivity (Wildman–Crippen MR) is 77.8 cm³/mol. The molecular weight excluding hydrogens is 324 g/mol. The number of carbonyl (C=O) groups is 1. The Hall–Kier alpha value is -1.47. The van der Waals surface area contributed by atoms with E-state index in [1.165, 1.54) is 0 Å². The molecule has 6 nitrogen and oxygen atoms in total. The van der Waals surface area contributed by atoms with Crippen LogP contribution in [0.15, 0.2) is 16.7 Å². The molecule has 0 atom stereocenters. The van der Waals surface area contributed by atoms with Gasteiger partial charge in [0.2, 0.25) is 5.78 Å². The molecule has 7 heteroatoms. The summed E-state index contributed by atoms with van der Waals surface area (Å²) in [6.45, 7) is 3.04. The molecule has 0 radical (unpaired) electrons. The molecular formula is C13H17BrN4O2. The first-order chi connectivity index (χ1) is 9.58. The lowest BCUT2D eigenvalue weighted by atomic mass is 10.2. The normalized spacial score (nSPS) is 11.0. The Kier molecular flexibility index (Phi) is 4.72. The van der Waals surface area contributed by atoms with Gasteiger partial charge < -0.3 is 4.74 Å². The summed E-state index contributed by atoms with van der Waals surface area (Å²) < 4.78 is 8.97. The van der Waals surface area contributed by atoms with Gasteiger partial charge >= 0.3 is 0 Å². The van der Waals surface area contributed by atoms with E-state index in [0.717, 1.165) is 12.1 Å². The molecule has 0 amide bonds. The van der Waals surface area contributed by atoms with Crippen molar-refractivity contribution in [3.05, 3.63) is 33.8 Å². The van der Waals surface area contributed by atoms with E-state index in [0.29, 0.717) is 29.0 Å². The molecule has 2 aromatic rings. The average Bonchev–Trinajstić information content (AvgIpc) is 2.99. The molecule has 0 aromatic carbocycles. The van der Waals surface area contributed by atoms with Crippen molar-refractivity contribution in [1.82, 2.24) is 19.6 Å². The summed E-state index contributed by atoms with van der Waals surface area (Å²) in [5.41, 5.74) is 1.98. The zero-order valence-electron chi connectivity index (χ0n) is 11.8. The molecule has 0 aliphatic rings. The lowest BCUT2D eigenvalue weighted by molar-refractivity contribution is 0.101. The van der Waals surface area contributed by atoms with Gasteiger partial charge in [-0.25, -0.2) is 0 Å². The second-order valence-electron chi connectivity index (χ2n) is 4.38. The second kappa shape index (κ2) is 6.32. The Morgan fingerprint density at radius 2 is 2.25 bits per heavy atom. The number of rotatable bonds is 6. The van der Waals surface area contributed by atoms with Crippen molar-refractivity contribution in [1.29, 1.82) is 0 Å². The Morgan fingerprint density at radius 3 is 2.85 bits per heavy atom. The van der Waals surface area contributed by atoms with Crippen molar-refractivity contribution in [2.24, 2.45) is 7.05 Å². The van der Waals surface area contributed by atoms with Crippen LogP contribution in [0.4, 0.5) is 0 Å². The monoisotopic (exact) mass is 340 g/mol. The van der Waals surface area contributed by atoms with Gasteiger partial charge in [0.05, 0.1) is 29.5 Å². The maximum absolute atomic E-state index is 12.7. The highest BCUT2D eigenvalue weighted by Crippen LogP contribution is 2.20. The molecule has 0 aliphatic carbocycles. The fraction of sp³-hybridized carbons (Fsp3) is 0.462. The van der Waals surface area contributed by atoms with Gasteiger partial charge in [0.25, 0.3) is 0 Å². The second-order valence-corrected chi connectivity index (χ2v) is 5.24. The Morgan fingerprint density at radius 1 is 1.50 bits per heavy atom. The number of halogens is 1. The van der Waals surface area contributed by atoms with Crippen molar-refractivity contribution in [3.63, 3.8) is 0 Å². The van der Waals surface area contributed by atoms with Crippen molar-refractivity contribution < 1.29 is 9.53 Å². The fourth-order valence-corrected chi connectivity index (χ4v) is 2.45. The molecule has 0 N–H and O–H groups in total. The smallest absolute Gasteiger partial charge is 0.230 e. The summed E-state index contributed by atoms with van der Waals surface area (Å²) in [6.07, 6.45) is 2.42. The summed E-state index contributed by atoms with van der Waals surface area (Å²) in [5.74, 6) is -0.0971. The van der Waals surface area contributed by atoms with Gasteiger partial charge in [-0.15, -0.1) is 0 Å². The van der Waals surface area contributed by atoms with Crippen LogP contribution in [-0.2, 0) is 24.8 Å². The van der Waals surface area contributed by atoms with Crippen LogP contribution in [-0.4, -0.2) is 39.1 Å². The summed E-state index contributed by atoms with van der Waals surface area (Å²) in [5, 5.41) is 8.50. The Bertz CT molecular complexity index is 618. The van der Waals surface area contributed by atoms with Gasteiger partial charge in [-0.1, -0.05) is 6.92 Å². The van der Waals surface area contributed by atoms with E-state index >= 15 is 0 Å². The third-order valence-electron chi connectivity index (χ3n) is 3.04. The third kappa shape index (κ3) is 2.83. The van der Waals surface area contributed by atoms with Gasteiger partial charge in [0, 0.05) is 14.2 Å². The molecule has 0 spiro atoms. The molecule has 0 saturated carbocycles. The van der Waals surface area contributed by atoms with E-state index in [2.05, 4.69) is 26.1 Å². The zero-order chi connectivity index (χ0) is 14.7. The molecule has 20 heavy (non-hydrogen) atoms. The van der Waals surface area contributed by atoms with Crippen molar-refractivity contribution in [2.45, 2.75) is 19.9 Å². The first-order valence-electron chi connectivity index (χ1n) is 6.36. The number of aromatic nitrogens is 4. The van der Waals surface area contributed by atoms with Crippen LogP contribution in [0.5, 0.6) is 0 Å². The fourth-order valence-electron chi connectivity index (χ4n) is 1.97. The first kappa shape index (κ1) is 14.9. The van der Waals surface area contributed by atoms with Crippen LogP contribution < -0.4 is 0 Å². The van der Waals surface area contributed by atoms with Crippen LogP contribution in [0, 0.1) is 0 Å². The van der Waals surface area contributed by atoms with Gasteiger partial charge in [0.15, 0.2) is 0 Å². The molecule has 0 aliphatic heterocycles. The molecule has 2 heterocycles. The largest absolute Gasteiger partial charge is 0.383 e. The van der Waals surface area contributed by atoms with Crippen LogP contribution in [0.25, 0.3) is 0 Å². The molecule has 0 saturated heterocycles. The van der Waals surface area contributed by atoms with Gasteiger partial charge in [0.1, 0.15) is 11.4 Å². The maximum atomic E-state index is 12.7. The summed E-state index contributed by atoms with van der Waals surface area (Å²) >= 11 is 3.38. The van der Waals surface area contributed by atoms with Gasteiger partial charge in [-0.05, 0) is 28.4 Å². The van der Waals surface area contributed by atoms with Gasteiger partial charge in [-0.3, -0.25) is 14.2 Å². The van der Waals surface area contributed by atoms with E-state index in [1.807, 2.05) is 13.0 Å². The zero-order valence-corrected chi connectivity index (χ0v) is 13.3. The molecule has 0 bridgehead atoms. The SMILES string of the molecule is CCc1cc(C(=O)c2c(Br)cnn2CCOC)n(C)n1. The van der Waals surface area contributed by atoms with E-state index in [-0.39, 0.29) is 5.78 Å². The van der Waals surface area contributed by atoms with Crippen LogP contribution >= 0.6 is 15.9 Å². The van der Waals surface area contributed by atoms with Crippen molar-refractivity contribution in [3.8, 4) is 0 Å². The summed E-state index contributed by atoms with van der Waals surface area (Å²) in [6, 6.07) is 1.82. The number of ether oxygens (including phenoxy) is 1. The highest BCUT2D eigenvalue weighted by atomic mass is 79.9. The van der Waals surface area contributed by atoms with Crippen molar-refractivity contribution in [2.75, 3.05) is 13.7 Å². The number of aryl methyl sites for hydroxylation is 2. The average molecular weight is 341 g/mol. The lowest BCUT2D eigenvalue weighted by Crippen LogP contribution is -2.17. The standard InChI is InChI=1S/C13H17BrN4O2/c1-4-9-7-11(17(2)16-9)13(19)12-10(14)8-15-18(12)5-6-20-3/h7-8H,4-6H2,1-3H3. The van der Waals surface area contributed by atoms with Crippen molar-refractivity contribution >= 4 is 21.7 Å². The van der Waals surface area contributed by atoms with E-state index < -0.39 is 0 Å². The maximum Gasteiger partial charge on any atom is 0.230 e. The van der Waals surface area contributed by atoms with Crippen LogP contribution in [0.2, 0.25) is 0 Å². The number of hydrogen-bond acceptors (Lipinski definition) is 4. The number of hydrogen-bond donors (Lipinski definition) is 0. The van der Waals surface area contributed by atoms with Crippen LogP contribution in [0.1, 0.15) is 28.8 Å². The van der Waals surface area contributed by atoms with Gasteiger partial charge in [-0.2, -0.15) is 10.2 Å². The highest BCUT2D eigenvalue weighted by Gasteiger charge is 2.22. The minimum Gasteiger partial charge on any atom is -0.383 e. The molecule has 2 rings (SSSR count). The predicted octanol–water partition coefficient (Wildman–Crippen LogP) is 1.82. The third-order valence-corrected chi connectivity index (χ3v) is 3.62. The van der Waals surface area contributed by atoms with E-state index in [4.69, 9.17) is 4.74 Å². The van der Waals surface area contributed by atoms with Crippen LogP contribution in [0.3, 0.4) is 0 Å². The number of ketones is 1. The minimum atomic E-state index is -0.0971. The molecule has 0 fully saturated rings. The quantitative estimate of drug-likeness (QED) is 0.752. The number of methoxy groups -OCH3 is 1. The Balaban J connectivity index is 2.37. The van der Waals surface area contributed by atoms with E-state index in [1.54, 1.807) is 29.7 Å². The molecule has 2 aromatic heterocycles. The summed E-state index contributed by atoms with van der Waals surface area (Å²) in [7, 11) is 3.39. The van der Waals surface area contributed by atoms with E-state index in [9.17, 15) is 4.79 Å². The lowest BCUT2D eigenvalue weighted by Gasteiger charge is -2.07. The summed E-state index contributed by atoms with van der Waals surface area (Å²) in [4.78, 5) is 12.7.